The minimum absolute atomic E-state index is 0.0160. The lowest BCUT2D eigenvalue weighted by molar-refractivity contribution is -0.385. The molecule has 8 heteroatoms. The topological polar surface area (TPSA) is 100 Å². The molecule has 0 saturated carbocycles. The van der Waals surface area contributed by atoms with Crippen molar-refractivity contribution < 1.29 is 23.9 Å². The molecule has 0 atom stereocenters. The number of carbonyl (C=O) groups is 1. The molecule has 0 N–H and O–H groups in total. The number of esters is 1. The summed E-state index contributed by atoms with van der Waals surface area (Å²) in [6.45, 7) is 5.56. The number of carbonyl (C=O) groups excluding carboxylic acids is 1. The van der Waals surface area contributed by atoms with E-state index in [0.717, 1.165) is 0 Å². The van der Waals surface area contributed by atoms with Crippen LogP contribution < -0.4 is 9.47 Å². The maximum absolute atomic E-state index is 12.2. The highest BCUT2D eigenvalue weighted by Gasteiger charge is 2.26. The molecule has 0 radical (unpaired) electrons. The number of nitro benzene ring substituents is 1. The van der Waals surface area contributed by atoms with Crippen LogP contribution in [0, 0.1) is 17.0 Å². The fourth-order valence-electron chi connectivity index (χ4n) is 2.67. The van der Waals surface area contributed by atoms with Crippen LogP contribution in [0.25, 0.3) is 6.08 Å². The van der Waals surface area contributed by atoms with Crippen molar-refractivity contribution in [3.05, 3.63) is 81.6 Å². The van der Waals surface area contributed by atoms with Crippen LogP contribution in [0.3, 0.4) is 0 Å². The van der Waals surface area contributed by atoms with Crippen molar-refractivity contribution in [2.24, 2.45) is 4.99 Å². The Balaban J connectivity index is 1.92. The molecule has 0 aromatic heterocycles. The monoisotopic (exact) mass is 394 g/mol. The summed E-state index contributed by atoms with van der Waals surface area (Å²) in [6.07, 6.45) is 3.16. The van der Waals surface area contributed by atoms with Gasteiger partial charge in [0.2, 0.25) is 5.90 Å². The number of hydrogen-bond donors (Lipinski definition) is 0. The molecule has 0 bridgehead atoms. The van der Waals surface area contributed by atoms with E-state index in [-0.39, 0.29) is 17.3 Å². The number of ether oxygens (including phenoxy) is 3. The predicted molar refractivity (Wildman–Crippen MR) is 107 cm³/mol. The molecule has 0 unspecified atom stereocenters. The van der Waals surface area contributed by atoms with Crippen LogP contribution in [0.2, 0.25) is 0 Å². The third-order valence-electron chi connectivity index (χ3n) is 4.12. The standard InChI is InChI=1S/C21H18N2O6/c1-4-9-28-18-8-6-14(11-19(18)27-3)10-16-21(24)29-20(22-16)15-7-5-13(2)17(12-15)23(25)26/h4-8,10-12H,1,9H2,2-3H3/b16-10-. The molecule has 2 aromatic carbocycles. The van der Waals surface area contributed by atoms with Gasteiger partial charge in [-0.25, -0.2) is 9.79 Å². The zero-order valence-electron chi connectivity index (χ0n) is 15.9. The average Bonchev–Trinajstić information content (AvgIpc) is 3.07. The second-order valence-corrected chi connectivity index (χ2v) is 6.10. The van der Waals surface area contributed by atoms with Gasteiger partial charge in [0.1, 0.15) is 6.61 Å². The molecule has 8 nitrogen and oxygen atoms in total. The lowest BCUT2D eigenvalue weighted by Gasteiger charge is -2.09. The zero-order valence-corrected chi connectivity index (χ0v) is 15.9. The number of hydrogen-bond acceptors (Lipinski definition) is 7. The third kappa shape index (κ3) is 4.32. The summed E-state index contributed by atoms with van der Waals surface area (Å²) >= 11 is 0. The Morgan fingerprint density at radius 3 is 2.72 bits per heavy atom. The summed E-state index contributed by atoms with van der Waals surface area (Å²) in [5.74, 6) is 0.405. The normalized spacial score (nSPS) is 14.3. The van der Waals surface area contributed by atoms with E-state index in [2.05, 4.69) is 11.6 Å². The fourth-order valence-corrected chi connectivity index (χ4v) is 2.67. The first-order valence-corrected chi connectivity index (χ1v) is 8.62. The number of aryl methyl sites for hydroxylation is 1. The summed E-state index contributed by atoms with van der Waals surface area (Å²) in [7, 11) is 1.51. The smallest absolute Gasteiger partial charge is 0.363 e. The van der Waals surface area contributed by atoms with Crippen LogP contribution in [0.15, 0.2) is 59.7 Å². The fraction of sp³-hybridized carbons (Fsp3) is 0.143. The summed E-state index contributed by atoms with van der Waals surface area (Å²) in [6, 6.07) is 9.68. The average molecular weight is 394 g/mol. The highest BCUT2D eigenvalue weighted by atomic mass is 16.6. The highest BCUT2D eigenvalue weighted by Crippen LogP contribution is 2.30. The number of cyclic esters (lactones) is 1. The largest absolute Gasteiger partial charge is 0.493 e. The Morgan fingerprint density at radius 2 is 2.03 bits per heavy atom. The second-order valence-electron chi connectivity index (χ2n) is 6.10. The number of methoxy groups -OCH3 is 1. The number of benzene rings is 2. The molecule has 0 fully saturated rings. The molecular formula is C21H18N2O6. The number of rotatable bonds is 7. The molecule has 148 valence electrons. The molecule has 0 spiro atoms. The Hall–Kier alpha value is -3.94. The molecule has 1 aliphatic heterocycles. The summed E-state index contributed by atoms with van der Waals surface area (Å²) in [5, 5.41) is 11.1. The van der Waals surface area contributed by atoms with Crippen molar-refractivity contribution in [3.8, 4) is 11.5 Å². The van der Waals surface area contributed by atoms with Crippen molar-refractivity contribution in [2.45, 2.75) is 6.92 Å². The van der Waals surface area contributed by atoms with Gasteiger partial charge in [0.15, 0.2) is 17.2 Å². The van der Waals surface area contributed by atoms with E-state index in [9.17, 15) is 14.9 Å². The number of aliphatic imine (C=N–C) groups is 1. The van der Waals surface area contributed by atoms with Gasteiger partial charge in [0.25, 0.3) is 5.69 Å². The van der Waals surface area contributed by atoms with E-state index in [4.69, 9.17) is 14.2 Å². The maximum atomic E-state index is 12.2. The Morgan fingerprint density at radius 1 is 1.24 bits per heavy atom. The van der Waals surface area contributed by atoms with Crippen LogP contribution in [-0.2, 0) is 9.53 Å². The van der Waals surface area contributed by atoms with Crippen LogP contribution >= 0.6 is 0 Å². The van der Waals surface area contributed by atoms with Crippen LogP contribution in [0.5, 0.6) is 11.5 Å². The molecule has 0 amide bonds. The van der Waals surface area contributed by atoms with Gasteiger partial charge in [-0.3, -0.25) is 10.1 Å². The van der Waals surface area contributed by atoms with E-state index in [1.165, 1.54) is 19.3 Å². The van der Waals surface area contributed by atoms with Crippen molar-refractivity contribution in [3.63, 3.8) is 0 Å². The molecule has 3 rings (SSSR count). The zero-order chi connectivity index (χ0) is 21.0. The van der Waals surface area contributed by atoms with Gasteiger partial charge in [-0.15, -0.1) is 0 Å². The van der Waals surface area contributed by atoms with E-state index >= 15 is 0 Å². The van der Waals surface area contributed by atoms with E-state index in [1.807, 2.05) is 0 Å². The molecule has 1 heterocycles. The molecular weight excluding hydrogens is 376 g/mol. The van der Waals surface area contributed by atoms with Crippen LogP contribution in [-0.4, -0.2) is 30.5 Å². The molecule has 1 aliphatic rings. The quantitative estimate of drug-likeness (QED) is 0.233. The molecule has 0 aliphatic carbocycles. The van der Waals surface area contributed by atoms with Gasteiger partial charge in [0.05, 0.1) is 12.0 Å². The van der Waals surface area contributed by atoms with Crippen molar-refractivity contribution in [1.82, 2.24) is 0 Å². The minimum Gasteiger partial charge on any atom is -0.493 e. The van der Waals surface area contributed by atoms with Gasteiger partial charge in [-0.1, -0.05) is 24.8 Å². The molecule has 29 heavy (non-hydrogen) atoms. The molecule has 0 saturated heterocycles. The number of nitro groups is 1. The maximum Gasteiger partial charge on any atom is 0.363 e. The predicted octanol–water partition coefficient (Wildman–Crippen LogP) is 3.82. The van der Waals surface area contributed by atoms with E-state index < -0.39 is 10.9 Å². The van der Waals surface area contributed by atoms with E-state index in [1.54, 1.807) is 43.3 Å². The lowest BCUT2D eigenvalue weighted by atomic mass is 10.1. The Bertz CT molecular complexity index is 1060. The second kappa shape index (κ2) is 8.39. The van der Waals surface area contributed by atoms with Gasteiger partial charge in [-0.05, 0) is 36.8 Å². The van der Waals surface area contributed by atoms with Crippen molar-refractivity contribution in [1.29, 1.82) is 0 Å². The summed E-state index contributed by atoms with van der Waals surface area (Å²) < 4.78 is 16.0. The van der Waals surface area contributed by atoms with Crippen molar-refractivity contribution in [2.75, 3.05) is 13.7 Å². The molecule has 2 aromatic rings. The third-order valence-corrected chi connectivity index (χ3v) is 4.12. The first-order chi connectivity index (χ1) is 13.9. The Kier molecular flexibility index (Phi) is 5.73. The summed E-state index contributed by atoms with van der Waals surface area (Å²) in [4.78, 5) is 27.0. The number of nitrogens with zero attached hydrogens (tertiary/aromatic N) is 2. The van der Waals surface area contributed by atoms with Gasteiger partial charge in [-0.2, -0.15) is 0 Å². The van der Waals surface area contributed by atoms with Gasteiger partial charge < -0.3 is 14.2 Å². The minimum atomic E-state index is -0.644. The lowest BCUT2D eigenvalue weighted by Crippen LogP contribution is -2.06. The highest BCUT2D eigenvalue weighted by molar-refractivity contribution is 6.13. The van der Waals surface area contributed by atoms with E-state index in [0.29, 0.717) is 34.8 Å². The summed E-state index contributed by atoms with van der Waals surface area (Å²) in [5.41, 5.74) is 1.51. The van der Waals surface area contributed by atoms with Gasteiger partial charge in [0, 0.05) is 17.2 Å². The SMILES string of the molecule is C=CCOc1ccc(/C=C2\N=C(c3ccc(C)c([N+](=O)[O-])c3)OC2=O)cc1OC. The van der Waals surface area contributed by atoms with Crippen LogP contribution in [0.1, 0.15) is 16.7 Å². The van der Waals surface area contributed by atoms with Gasteiger partial charge >= 0.3 is 5.97 Å². The first-order valence-electron chi connectivity index (χ1n) is 8.62. The Labute approximate surface area is 166 Å². The first kappa shape index (κ1) is 19.8. The van der Waals surface area contributed by atoms with Crippen LogP contribution in [0.4, 0.5) is 5.69 Å². The van der Waals surface area contributed by atoms with Crippen molar-refractivity contribution >= 4 is 23.6 Å².